The molecule has 120 valence electrons. The van der Waals surface area contributed by atoms with Crippen LogP contribution in [0.15, 0.2) is 67.3 Å². The third kappa shape index (κ3) is 3.43. The smallest absolute Gasteiger partial charge is 0.115 e. The Bertz CT molecular complexity index is 870. The molecule has 1 unspecified atom stereocenters. The first-order valence-corrected chi connectivity index (χ1v) is 7.99. The van der Waals surface area contributed by atoms with Crippen LogP contribution < -0.4 is 9.73 Å². The molecule has 0 amide bonds. The Hall–Kier alpha value is -3.15. The highest BCUT2D eigenvalue weighted by atomic mass is 32.2. The van der Waals surface area contributed by atoms with Gasteiger partial charge in [0.1, 0.15) is 6.33 Å². The molecule has 0 radical (unpaired) electrons. The zero-order valence-electron chi connectivity index (χ0n) is 12.4. The van der Waals surface area contributed by atoms with E-state index in [2.05, 4.69) is 15.8 Å². The van der Waals surface area contributed by atoms with E-state index in [4.69, 9.17) is 5.26 Å². The number of rotatable bonds is 5. The van der Waals surface area contributed by atoms with Gasteiger partial charge in [0.15, 0.2) is 0 Å². The fourth-order valence-electron chi connectivity index (χ4n) is 2.23. The largest absolute Gasteiger partial charge is 0.755 e. The van der Waals surface area contributed by atoms with Gasteiger partial charge in [0.05, 0.1) is 23.0 Å². The summed E-state index contributed by atoms with van der Waals surface area (Å²) in [5, 5.41) is 10.8. The van der Waals surface area contributed by atoms with Crippen LogP contribution in [-0.4, -0.2) is 18.4 Å². The standard InChI is InChI=1S/C16H13N5O2S/c17-11-13-1-5-15(6-2-13)21(20-10-9-18-12-20)16-7-3-14(4-8-16)19-24(22)23/h1-10,12,19H,(H,22,23)/p-1. The molecule has 0 aliphatic carbocycles. The summed E-state index contributed by atoms with van der Waals surface area (Å²) >= 11 is -2.36. The van der Waals surface area contributed by atoms with E-state index in [1.165, 1.54) is 0 Å². The summed E-state index contributed by atoms with van der Waals surface area (Å²) in [6.07, 6.45) is 5.10. The van der Waals surface area contributed by atoms with Gasteiger partial charge < -0.3 is 9.27 Å². The maximum Gasteiger partial charge on any atom is 0.115 e. The van der Waals surface area contributed by atoms with Crippen molar-refractivity contribution < 1.29 is 8.76 Å². The molecule has 0 aliphatic heterocycles. The van der Waals surface area contributed by atoms with E-state index < -0.39 is 11.3 Å². The predicted octanol–water partition coefficient (Wildman–Crippen LogP) is 2.56. The Balaban J connectivity index is 1.99. The lowest BCUT2D eigenvalue weighted by atomic mass is 10.2. The van der Waals surface area contributed by atoms with Crippen molar-refractivity contribution in [2.45, 2.75) is 0 Å². The van der Waals surface area contributed by atoms with Crippen molar-refractivity contribution in [1.82, 2.24) is 9.66 Å². The number of anilines is 3. The summed E-state index contributed by atoms with van der Waals surface area (Å²) in [5.74, 6) is 0. The molecule has 1 N–H and O–H groups in total. The molecule has 7 nitrogen and oxygen atoms in total. The van der Waals surface area contributed by atoms with Crippen LogP contribution in [0, 0.1) is 11.3 Å². The molecule has 1 aromatic heterocycles. The van der Waals surface area contributed by atoms with Crippen LogP contribution in [0.2, 0.25) is 0 Å². The van der Waals surface area contributed by atoms with E-state index in [1.807, 2.05) is 17.1 Å². The minimum absolute atomic E-state index is 0.470. The summed E-state index contributed by atoms with van der Waals surface area (Å²) < 4.78 is 25.5. The first-order valence-electron chi connectivity index (χ1n) is 6.92. The molecule has 0 spiro atoms. The van der Waals surface area contributed by atoms with Gasteiger partial charge in [0.25, 0.3) is 0 Å². The number of nitriles is 1. The Morgan fingerprint density at radius 1 is 1.12 bits per heavy atom. The van der Waals surface area contributed by atoms with Gasteiger partial charge in [-0.25, -0.2) is 14.7 Å². The maximum atomic E-state index is 10.7. The summed E-state index contributed by atoms with van der Waals surface area (Å²) in [6, 6.07) is 16.1. The van der Waals surface area contributed by atoms with Crippen LogP contribution in [0.4, 0.5) is 17.1 Å². The van der Waals surface area contributed by atoms with Gasteiger partial charge in [-0.05, 0) is 48.5 Å². The van der Waals surface area contributed by atoms with Crippen molar-refractivity contribution in [3.63, 3.8) is 0 Å². The van der Waals surface area contributed by atoms with Gasteiger partial charge in [0.2, 0.25) is 0 Å². The van der Waals surface area contributed by atoms with Gasteiger partial charge in [-0.3, -0.25) is 4.21 Å². The number of aromatic nitrogens is 2. The predicted molar refractivity (Wildman–Crippen MR) is 89.9 cm³/mol. The highest BCUT2D eigenvalue weighted by molar-refractivity contribution is 7.80. The van der Waals surface area contributed by atoms with E-state index >= 15 is 0 Å². The van der Waals surface area contributed by atoms with E-state index in [9.17, 15) is 8.76 Å². The number of hydrogen-bond donors (Lipinski definition) is 1. The van der Waals surface area contributed by atoms with Gasteiger partial charge >= 0.3 is 0 Å². The highest BCUT2D eigenvalue weighted by Gasteiger charge is 2.11. The molecule has 8 heteroatoms. The van der Waals surface area contributed by atoms with Crippen LogP contribution >= 0.6 is 0 Å². The average Bonchev–Trinajstić information content (AvgIpc) is 3.11. The molecular formula is C16H12N5O2S-. The molecule has 3 rings (SSSR count). The molecular weight excluding hydrogens is 326 g/mol. The molecule has 24 heavy (non-hydrogen) atoms. The molecule has 0 fully saturated rings. The minimum atomic E-state index is -2.36. The van der Waals surface area contributed by atoms with Crippen molar-refractivity contribution in [3.8, 4) is 6.07 Å². The number of nitrogens with zero attached hydrogens (tertiary/aromatic N) is 4. The van der Waals surface area contributed by atoms with Crippen molar-refractivity contribution in [3.05, 3.63) is 72.8 Å². The summed E-state index contributed by atoms with van der Waals surface area (Å²) in [6.45, 7) is 0. The van der Waals surface area contributed by atoms with E-state index in [1.54, 1.807) is 59.8 Å². The molecule has 1 heterocycles. The molecule has 0 saturated carbocycles. The van der Waals surface area contributed by atoms with E-state index in [0.29, 0.717) is 11.3 Å². The summed E-state index contributed by atoms with van der Waals surface area (Å²) in [4.78, 5) is 4.06. The molecule has 0 bridgehead atoms. The zero-order chi connectivity index (χ0) is 16.9. The molecule has 3 aromatic rings. The van der Waals surface area contributed by atoms with Crippen LogP contribution in [0.5, 0.6) is 0 Å². The molecule has 0 aliphatic rings. The number of imidazole rings is 1. The maximum absolute atomic E-state index is 10.7. The second kappa shape index (κ2) is 6.95. The highest BCUT2D eigenvalue weighted by Crippen LogP contribution is 2.27. The Morgan fingerprint density at radius 3 is 2.25 bits per heavy atom. The van der Waals surface area contributed by atoms with Crippen LogP contribution in [0.1, 0.15) is 5.56 Å². The first-order chi connectivity index (χ1) is 11.7. The van der Waals surface area contributed by atoms with Crippen molar-refractivity contribution in [1.29, 1.82) is 5.26 Å². The van der Waals surface area contributed by atoms with Gasteiger partial charge in [-0.1, -0.05) is 0 Å². The number of hydrogen-bond acceptors (Lipinski definition) is 5. The molecule has 1 atom stereocenters. The lowest BCUT2D eigenvalue weighted by molar-refractivity contribution is 0.542. The Kier molecular flexibility index (Phi) is 4.56. The summed E-state index contributed by atoms with van der Waals surface area (Å²) in [5.41, 5.74) is 2.68. The van der Waals surface area contributed by atoms with Gasteiger partial charge in [-0.15, -0.1) is 0 Å². The van der Waals surface area contributed by atoms with Crippen molar-refractivity contribution >= 4 is 28.3 Å². The third-order valence-corrected chi connectivity index (χ3v) is 3.68. The topological polar surface area (TPSA) is 97.0 Å². The fourth-order valence-corrected chi connectivity index (χ4v) is 2.56. The monoisotopic (exact) mass is 338 g/mol. The lowest BCUT2D eigenvalue weighted by Crippen LogP contribution is -2.22. The van der Waals surface area contributed by atoms with E-state index in [0.717, 1.165) is 11.4 Å². The van der Waals surface area contributed by atoms with Crippen LogP contribution in [-0.2, 0) is 11.3 Å². The SMILES string of the molecule is N#Cc1ccc(N(c2ccc(NS(=O)[O-])cc2)n2ccnc2)cc1. The number of nitrogens with one attached hydrogen (secondary N) is 1. The fraction of sp³-hybridized carbons (Fsp3) is 0. The number of benzene rings is 2. The Morgan fingerprint density at radius 2 is 1.75 bits per heavy atom. The van der Waals surface area contributed by atoms with E-state index in [-0.39, 0.29) is 0 Å². The minimum Gasteiger partial charge on any atom is -0.755 e. The quantitative estimate of drug-likeness (QED) is 0.721. The molecule has 2 aromatic carbocycles. The zero-order valence-corrected chi connectivity index (χ0v) is 13.2. The second-order valence-electron chi connectivity index (χ2n) is 4.80. The normalized spacial score (nSPS) is 11.5. The Labute approximate surface area is 141 Å². The van der Waals surface area contributed by atoms with Gasteiger partial charge in [-0.2, -0.15) is 5.26 Å². The van der Waals surface area contributed by atoms with Crippen LogP contribution in [0.25, 0.3) is 0 Å². The van der Waals surface area contributed by atoms with Gasteiger partial charge in [0, 0.05) is 29.3 Å². The second-order valence-corrected chi connectivity index (χ2v) is 5.47. The summed E-state index contributed by atoms with van der Waals surface area (Å²) in [7, 11) is 0. The van der Waals surface area contributed by atoms with Crippen molar-refractivity contribution in [2.24, 2.45) is 0 Å². The van der Waals surface area contributed by atoms with Crippen LogP contribution in [0.3, 0.4) is 0 Å². The average molecular weight is 338 g/mol. The molecule has 0 saturated heterocycles. The van der Waals surface area contributed by atoms with Crippen molar-refractivity contribution in [2.75, 3.05) is 9.73 Å². The first kappa shape index (κ1) is 15.7. The lowest BCUT2D eigenvalue weighted by Gasteiger charge is -2.26. The third-order valence-electron chi connectivity index (χ3n) is 3.28.